The Hall–Kier alpha value is -1.92. The molecule has 1 aromatic rings. The largest absolute Gasteiger partial charge is 0.464 e. The summed E-state index contributed by atoms with van der Waals surface area (Å²) in [5.74, 6) is -0.372. The molecular weight excluding hydrogens is 308 g/mol. The summed E-state index contributed by atoms with van der Waals surface area (Å²) in [6.45, 7) is 3.30. The fourth-order valence-corrected chi connectivity index (χ4v) is 2.82. The second kappa shape index (κ2) is 9.39. The molecule has 6 nitrogen and oxygen atoms in total. The van der Waals surface area contributed by atoms with E-state index in [2.05, 4.69) is 0 Å². The lowest BCUT2D eigenvalue weighted by molar-refractivity contribution is -0.152. The number of carbonyl (C=O) groups is 2. The van der Waals surface area contributed by atoms with Crippen molar-refractivity contribution in [3.63, 3.8) is 0 Å². The van der Waals surface area contributed by atoms with Crippen molar-refractivity contribution in [1.29, 1.82) is 0 Å². The summed E-state index contributed by atoms with van der Waals surface area (Å²) in [6, 6.07) is 9.25. The highest BCUT2D eigenvalue weighted by atomic mass is 16.6. The third kappa shape index (κ3) is 5.62. The summed E-state index contributed by atoms with van der Waals surface area (Å²) < 4.78 is 10.4. The molecule has 1 saturated heterocycles. The molecule has 132 valence electrons. The SMILES string of the molecule is CCOC(=O)COC1CCN(C(=O)C(N)Cc2ccccc2)CC1. The van der Waals surface area contributed by atoms with Crippen molar-refractivity contribution in [2.45, 2.75) is 38.3 Å². The maximum absolute atomic E-state index is 12.4. The van der Waals surface area contributed by atoms with Crippen molar-refractivity contribution < 1.29 is 19.1 Å². The van der Waals surface area contributed by atoms with Crippen molar-refractivity contribution >= 4 is 11.9 Å². The lowest BCUT2D eigenvalue weighted by atomic mass is 10.0. The molecule has 1 atom stereocenters. The average Bonchev–Trinajstić information content (AvgIpc) is 2.61. The number of hydrogen-bond donors (Lipinski definition) is 1. The maximum Gasteiger partial charge on any atom is 0.332 e. The zero-order valence-electron chi connectivity index (χ0n) is 14.1. The smallest absolute Gasteiger partial charge is 0.332 e. The second-order valence-corrected chi connectivity index (χ2v) is 5.94. The maximum atomic E-state index is 12.4. The van der Waals surface area contributed by atoms with Crippen LogP contribution in [-0.2, 0) is 25.5 Å². The summed E-state index contributed by atoms with van der Waals surface area (Å²) in [6.07, 6.45) is 1.95. The van der Waals surface area contributed by atoms with E-state index in [4.69, 9.17) is 15.2 Å². The molecule has 24 heavy (non-hydrogen) atoms. The van der Waals surface area contributed by atoms with Crippen LogP contribution in [0, 0.1) is 0 Å². The van der Waals surface area contributed by atoms with Crippen molar-refractivity contribution in [2.75, 3.05) is 26.3 Å². The molecule has 0 aromatic heterocycles. The van der Waals surface area contributed by atoms with E-state index in [1.54, 1.807) is 11.8 Å². The van der Waals surface area contributed by atoms with Gasteiger partial charge in [0.25, 0.3) is 0 Å². The molecule has 2 N–H and O–H groups in total. The third-order valence-corrected chi connectivity index (χ3v) is 4.11. The van der Waals surface area contributed by atoms with Gasteiger partial charge in [0.1, 0.15) is 6.61 Å². The van der Waals surface area contributed by atoms with Crippen LogP contribution in [0.1, 0.15) is 25.3 Å². The highest BCUT2D eigenvalue weighted by Gasteiger charge is 2.27. The topological polar surface area (TPSA) is 81.9 Å². The summed E-state index contributed by atoms with van der Waals surface area (Å²) in [5.41, 5.74) is 7.12. The van der Waals surface area contributed by atoms with Gasteiger partial charge in [-0.3, -0.25) is 4.79 Å². The molecule has 6 heteroatoms. The van der Waals surface area contributed by atoms with Gasteiger partial charge in [0.05, 0.1) is 18.8 Å². The van der Waals surface area contributed by atoms with Crippen LogP contribution in [0.2, 0.25) is 0 Å². The number of esters is 1. The zero-order valence-corrected chi connectivity index (χ0v) is 14.1. The van der Waals surface area contributed by atoms with Gasteiger partial charge in [0.2, 0.25) is 5.91 Å². The van der Waals surface area contributed by atoms with E-state index in [1.807, 2.05) is 30.3 Å². The molecular formula is C18H26N2O4. The molecule has 1 heterocycles. The van der Waals surface area contributed by atoms with Crippen LogP contribution in [0.15, 0.2) is 30.3 Å². The molecule has 1 unspecified atom stereocenters. The minimum absolute atomic E-state index is 0.0104. The molecule has 1 aliphatic heterocycles. The van der Waals surface area contributed by atoms with Crippen molar-refractivity contribution in [1.82, 2.24) is 4.90 Å². The van der Waals surface area contributed by atoms with Gasteiger partial charge in [-0.05, 0) is 31.7 Å². The fourth-order valence-electron chi connectivity index (χ4n) is 2.82. The first-order chi connectivity index (χ1) is 11.6. The Bertz CT molecular complexity index is 527. The van der Waals surface area contributed by atoms with Crippen molar-refractivity contribution in [3.8, 4) is 0 Å². The average molecular weight is 334 g/mol. The molecule has 1 aliphatic rings. The number of nitrogens with two attached hydrogens (primary N) is 1. The number of amides is 1. The van der Waals surface area contributed by atoms with Gasteiger partial charge in [-0.2, -0.15) is 0 Å². The summed E-state index contributed by atoms with van der Waals surface area (Å²) >= 11 is 0. The van der Waals surface area contributed by atoms with Crippen LogP contribution in [0.3, 0.4) is 0 Å². The number of rotatable bonds is 7. The third-order valence-electron chi connectivity index (χ3n) is 4.11. The highest BCUT2D eigenvalue weighted by molar-refractivity contribution is 5.82. The Kier molecular flexibility index (Phi) is 7.21. The highest BCUT2D eigenvalue weighted by Crippen LogP contribution is 2.15. The summed E-state index contributed by atoms with van der Waals surface area (Å²) in [4.78, 5) is 25.5. The van der Waals surface area contributed by atoms with Crippen molar-refractivity contribution in [3.05, 3.63) is 35.9 Å². The lowest BCUT2D eigenvalue weighted by Crippen LogP contribution is -2.49. The Morgan fingerprint density at radius 2 is 1.92 bits per heavy atom. The number of hydrogen-bond acceptors (Lipinski definition) is 5. The zero-order chi connectivity index (χ0) is 17.4. The van der Waals surface area contributed by atoms with Crippen LogP contribution < -0.4 is 5.73 Å². The van der Waals surface area contributed by atoms with Gasteiger partial charge in [0.15, 0.2) is 0 Å². The predicted octanol–water partition coefficient (Wildman–Crippen LogP) is 1.13. The van der Waals surface area contributed by atoms with E-state index in [0.29, 0.717) is 39.0 Å². The normalized spacial score (nSPS) is 16.7. The number of nitrogens with zero attached hydrogens (tertiary/aromatic N) is 1. The molecule has 0 spiro atoms. The van der Waals surface area contributed by atoms with Gasteiger partial charge in [-0.25, -0.2) is 4.79 Å². The fraction of sp³-hybridized carbons (Fsp3) is 0.556. The molecule has 1 amide bonds. The molecule has 1 fully saturated rings. The monoisotopic (exact) mass is 334 g/mol. The first kappa shape index (κ1) is 18.4. The Morgan fingerprint density at radius 1 is 1.25 bits per heavy atom. The van der Waals surface area contributed by atoms with E-state index in [-0.39, 0.29) is 24.6 Å². The molecule has 1 aromatic carbocycles. The standard InChI is InChI=1S/C18H26N2O4/c1-2-23-17(21)13-24-15-8-10-20(11-9-15)18(22)16(19)12-14-6-4-3-5-7-14/h3-7,15-16H,2,8-13,19H2,1H3. The van der Waals surface area contributed by atoms with Crippen LogP contribution in [0.5, 0.6) is 0 Å². The van der Waals surface area contributed by atoms with Gasteiger partial charge in [-0.1, -0.05) is 30.3 Å². The first-order valence-corrected chi connectivity index (χ1v) is 8.45. The minimum Gasteiger partial charge on any atom is -0.464 e. The van der Waals surface area contributed by atoms with Crippen molar-refractivity contribution in [2.24, 2.45) is 5.73 Å². The molecule has 0 bridgehead atoms. The number of likely N-dealkylation sites (tertiary alicyclic amines) is 1. The first-order valence-electron chi connectivity index (χ1n) is 8.45. The molecule has 2 rings (SSSR count). The quantitative estimate of drug-likeness (QED) is 0.756. The Balaban J connectivity index is 1.73. The number of benzene rings is 1. The van der Waals surface area contributed by atoms with Gasteiger partial charge >= 0.3 is 5.97 Å². The number of carbonyl (C=O) groups excluding carboxylic acids is 2. The Labute approximate surface area is 142 Å². The van der Waals surface area contributed by atoms with Gasteiger partial charge in [0, 0.05) is 13.1 Å². The minimum atomic E-state index is -0.524. The molecule has 0 saturated carbocycles. The van der Waals surface area contributed by atoms with E-state index in [0.717, 1.165) is 5.56 Å². The summed E-state index contributed by atoms with van der Waals surface area (Å²) in [7, 11) is 0. The molecule has 0 aliphatic carbocycles. The van der Waals surface area contributed by atoms with Crippen LogP contribution >= 0.6 is 0 Å². The van der Waals surface area contributed by atoms with E-state index in [9.17, 15) is 9.59 Å². The van der Waals surface area contributed by atoms with Crippen LogP contribution in [0.25, 0.3) is 0 Å². The van der Waals surface area contributed by atoms with Crippen LogP contribution in [0.4, 0.5) is 0 Å². The lowest BCUT2D eigenvalue weighted by Gasteiger charge is -2.33. The van der Waals surface area contributed by atoms with E-state index < -0.39 is 6.04 Å². The second-order valence-electron chi connectivity index (χ2n) is 5.94. The summed E-state index contributed by atoms with van der Waals surface area (Å²) in [5, 5.41) is 0. The van der Waals surface area contributed by atoms with Gasteiger partial charge < -0.3 is 20.1 Å². The van der Waals surface area contributed by atoms with Gasteiger partial charge in [-0.15, -0.1) is 0 Å². The van der Waals surface area contributed by atoms with E-state index in [1.165, 1.54) is 0 Å². The predicted molar refractivity (Wildman–Crippen MR) is 90.3 cm³/mol. The number of ether oxygens (including phenoxy) is 2. The Morgan fingerprint density at radius 3 is 2.54 bits per heavy atom. The molecule has 0 radical (unpaired) electrons. The van der Waals surface area contributed by atoms with Crippen LogP contribution in [-0.4, -0.2) is 55.2 Å². The number of piperidine rings is 1. The van der Waals surface area contributed by atoms with E-state index >= 15 is 0 Å².